The molecule has 1 aliphatic heterocycles. The van der Waals surface area contributed by atoms with Crippen molar-refractivity contribution in [2.24, 2.45) is 0 Å². The molecule has 6 nitrogen and oxygen atoms in total. The highest BCUT2D eigenvalue weighted by Crippen LogP contribution is 2.08. The molecule has 0 unspecified atom stereocenters. The Bertz CT molecular complexity index is 433. The summed E-state index contributed by atoms with van der Waals surface area (Å²) in [4.78, 5) is 24.0. The molecular formula is C13H19ClN4O2. The largest absolute Gasteiger partial charge is 0.469 e. The summed E-state index contributed by atoms with van der Waals surface area (Å²) >= 11 is 5.71. The summed E-state index contributed by atoms with van der Waals surface area (Å²) in [5, 5.41) is 0.418. The van der Waals surface area contributed by atoms with Gasteiger partial charge in [0.2, 0.25) is 0 Å². The fourth-order valence-electron chi connectivity index (χ4n) is 2.17. The number of hydrogen-bond donors (Lipinski definition) is 0. The number of nitrogens with zero attached hydrogens (tertiary/aromatic N) is 4. The van der Waals surface area contributed by atoms with Crippen LogP contribution in [0, 0.1) is 0 Å². The molecule has 1 aromatic rings. The van der Waals surface area contributed by atoms with Gasteiger partial charge in [0.15, 0.2) is 0 Å². The van der Waals surface area contributed by atoms with Gasteiger partial charge < -0.3 is 9.64 Å². The van der Waals surface area contributed by atoms with Crippen molar-refractivity contribution >= 4 is 17.6 Å². The maximum atomic E-state index is 11.1. The van der Waals surface area contributed by atoms with E-state index in [9.17, 15) is 4.79 Å². The van der Waals surface area contributed by atoms with Crippen LogP contribution in [0.25, 0.3) is 0 Å². The molecule has 0 radical (unpaired) electrons. The van der Waals surface area contributed by atoms with Gasteiger partial charge in [-0.1, -0.05) is 11.6 Å². The average molecular weight is 299 g/mol. The van der Waals surface area contributed by atoms with Crippen LogP contribution in [0.1, 0.15) is 12.1 Å². The highest BCUT2D eigenvalue weighted by Gasteiger charge is 2.18. The van der Waals surface area contributed by atoms with Gasteiger partial charge in [0.25, 0.3) is 0 Å². The van der Waals surface area contributed by atoms with Gasteiger partial charge in [-0.25, -0.2) is 4.98 Å². The van der Waals surface area contributed by atoms with Crippen molar-refractivity contribution in [3.8, 4) is 0 Å². The van der Waals surface area contributed by atoms with Gasteiger partial charge in [0.1, 0.15) is 5.15 Å². The molecule has 1 aliphatic rings. The van der Waals surface area contributed by atoms with Crippen molar-refractivity contribution in [1.82, 2.24) is 19.8 Å². The van der Waals surface area contributed by atoms with Crippen molar-refractivity contribution in [2.45, 2.75) is 13.0 Å². The fraction of sp³-hybridized carbons (Fsp3) is 0.615. The second kappa shape index (κ2) is 7.52. The number of rotatable bonds is 5. The number of hydrogen-bond acceptors (Lipinski definition) is 6. The van der Waals surface area contributed by atoms with Crippen LogP contribution in [0.5, 0.6) is 0 Å². The second-order valence-electron chi connectivity index (χ2n) is 4.77. The Hall–Kier alpha value is -1.24. The second-order valence-corrected chi connectivity index (χ2v) is 5.16. The zero-order chi connectivity index (χ0) is 14.4. The summed E-state index contributed by atoms with van der Waals surface area (Å²) in [6.45, 7) is 5.39. The van der Waals surface area contributed by atoms with Crippen LogP contribution in [0.3, 0.4) is 0 Å². The predicted octanol–water partition coefficient (Wildman–Crippen LogP) is 0.811. The minimum absolute atomic E-state index is 0.149. The summed E-state index contributed by atoms with van der Waals surface area (Å²) in [6, 6.07) is 0. The molecule has 1 saturated heterocycles. The van der Waals surface area contributed by atoms with E-state index in [0.29, 0.717) is 11.6 Å². The van der Waals surface area contributed by atoms with Crippen LogP contribution in [-0.2, 0) is 16.1 Å². The molecule has 0 aromatic carbocycles. The maximum absolute atomic E-state index is 11.1. The minimum atomic E-state index is -0.149. The van der Waals surface area contributed by atoms with E-state index in [1.807, 2.05) is 0 Å². The molecule has 0 N–H and O–H groups in total. The quantitative estimate of drug-likeness (QED) is 0.750. The zero-order valence-electron chi connectivity index (χ0n) is 11.6. The van der Waals surface area contributed by atoms with E-state index >= 15 is 0 Å². The highest BCUT2D eigenvalue weighted by atomic mass is 35.5. The summed E-state index contributed by atoms with van der Waals surface area (Å²) < 4.78 is 4.65. The van der Waals surface area contributed by atoms with E-state index in [1.54, 1.807) is 12.4 Å². The monoisotopic (exact) mass is 298 g/mol. The lowest BCUT2D eigenvalue weighted by Crippen LogP contribution is -2.46. The van der Waals surface area contributed by atoms with Gasteiger partial charge in [-0.15, -0.1) is 0 Å². The normalized spacial score (nSPS) is 17.1. The third-order valence-corrected chi connectivity index (χ3v) is 3.58. The molecule has 20 heavy (non-hydrogen) atoms. The van der Waals surface area contributed by atoms with Crippen LogP contribution >= 0.6 is 11.6 Å². The smallest absolute Gasteiger partial charge is 0.306 e. The van der Waals surface area contributed by atoms with Crippen molar-refractivity contribution in [3.05, 3.63) is 23.2 Å². The number of piperazine rings is 1. The van der Waals surface area contributed by atoms with Crippen LogP contribution in [-0.4, -0.2) is 65.6 Å². The Morgan fingerprint density at radius 1 is 1.25 bits per heavy atom. The average Bonchev–Trinajstić information content (AvgIpc) is 2.48. The van der Waals surface area contributed by atoms with Gasteiger partial charge in [0, 0.05) is 39.3 Å². The van der Waals surface area contributed by atoms with E-state index in [-0.39, 0.29) is 5.97 Å². The molecule has 1 fully saturated rings. The van der Waals surface area contributed by atoms with Crippen LogP contribution in [0.15, 0.2) is 12.4 Å². The molecule has 0 aliphatic carbocycles. The maximum Gasteiger partial charge on any atom is 0.306 e. The summed E-state index contributed by atoms with van der Waals surface area (Å²) in [5.74, 6) is -0.149. The van der Waals surface area contributed by atoms with Crippen LogP contribution in [0.2, 0.25) is 5.15 Å². The third-order valence-electron chi connectivity index (χ3n) is 3.38. The Balaban J connectivity index is 1.71. The Morgan fingerprint density at radius 3 is 2.55 bits per heavy atom. The molecule has 0 saturated carbocycles. The van der Waals surface area contributed by atoms with E-state index < -0.39 is 0 Å². The van der Waals surface area contributed by atoms with Crippen molar-refractivity contribution in [2.75, 3.05) is 39.8 Å². The fourth-order valence-corrected chi connectivity index (χ4v) is 2.27. The first kappa shape index (κ1) is 15.2. The van der Waals surface area contributed by atoms with Gasteiger partial charge in [-0.05, 0) is 0 Å². The Kier molecular flexibility index (Phi) is 5.70. The lowest BCUT2D eigenvalue weighted by Gasteiger charge is -2.34. The molecule has 110 valence electrons. The van der Waals surface area contributed by atoms with E-state index in [1.165, 1.54) is 7.11 Å². The van der Waals surface area contributed by atoms with E-state index in [4.69, 9.17) is 11.6 Å². The first-order valence-corrected chi connectivity index (χ1v) is 7.03. The molecule has 0 atom stereocenters. The number of aromatic nitrogens is 2. The first-order chi connectivity index (χ1) is 9.67. The number of carbonyl (C=O) groups excluding carboxylic acids is 1. The SMILES string of the molecule is COC(=O)CCN1CCN(Cc2cnc(Cl)cn2)CC1. The summed E-state index contributed by atoms with van der Waals surface area (Å²) in [7, 11) is 1.42. The van der Waals surface area contributed by atoms with Crippen molar-refractivity contribution in [1.29, 1.82) is 0 Å². The van der Waals surface area contributed by atoms with Gasteiger partial charge in [0.05, 0.1) is 31.6 Å². The summed E-state index contributed by atoms with van der Waals surface area (Å²) in [5.41, 5.74) is 0.928. The summed E-state index contributed by atoms with van der Waals surface area (Å²) in [6.07, 6.45) is 3.74. The Morgan fingerprint density at radius 2 is 1.95 bits per heavy atom. The number of carbonyl (C=O) groups is 1. The molecule has 0 bridgehead atoms. The molecule has 2 rings (SSSR count). The number of ether oxygens (including phenoxy) is 1. The van der Waals surface area contributed by atoms with Gasteiger partial charge in [-0.3, -0.25) is 14.7 Å². The van der Waals surface area contributed by atoms with Crippen molar-refractivity contribution in [3.63, 3.8) is 0 Å². The lowest BCUT2D eigenvalue weighted by molar-refractivity contribution is -0.141. The zero-order valence-corrected chi connectivity index (χ0v) is 12.3. The predicted molar refractivity (Wildman–Crippen MR) is 75.4 cm³/mol. The highest BCUT2D eigenvalue weighted by molar-refractivity contribution is 6.29. The van der Waals surface area contributed by atoms with Crippen LogP contribution in [0.4, 0.5) is 0 Å². The Labute approximate surface area is 123 Å². The number of esters is 1. The van der Waals surface area contributed by atoms with Gasteiger partial charge in [-0.2, -0.15) is 0 Å². The number of halogens is 1. The molecule has 0 amide bonds. The molecule has 0 spiro atoms. The molecule has 1 aromatic heterocycles. The lowest BCUT2D eigenvalue weighted by atomic mass is 10.2. The molecule has 2 heterocycles. The first-order valence-electron chi connectivity index (χ1n) is 6.65. The number of methoxy groups -OCH3 is 1. The van der Waals surface area contributed by atoms with Gasteiger partial charge >= 0.3 is 5.97 Å². The van der Waals surface area contributed by atoms with E-state index in [0.717, 1.165) is 45.0 Å². The minimum Gasteiger partial charge on any atom is -0.469 e. The molecular weight excluding hydrogens is 280 g/mol. The van der Waals surface area contributed by atoms with Crippen LogP contribution < -0.4 is 0 Å². The third kappa shape index (κ3) is 4.70. The van der Waals surface area contributed by atoms with Crippen molar-refractivity contribution < 1.29 is 9.53 Å². The standard InChI is InChI=1S/C13H19ClN4O2/c1-20-13(19)2-3-17-4-6-18(7-5-17)10-11-8-16-12(14)9-15-11/h8-9H,2-7,10H2,1H3. The molecule has 7 heteroatoms. The van der Waals surface area contributed by atoms with E-state index in [2.05, 4.69) is 24.5 Å². The topological polar surface area (TPSA) is 58.6 Å².